The maximum atomic E-state index is 11.8. The molecular formula is C12H17BrN2O2S. The number of nitrogens with one attached hydrogen (secondary N) is 1. The summed E-state index contributed by atoms with van der Waals surface area (Å²) in [6.45, 7) is 5.69. The molecular weight excluding hydrogens is 316 g/mol. The first kappa shape index (κ1) is 14.0. The Kier molecular flexibility index (Phi) is 3.82. The lowest BCUT2D eigenvalue weighted by molar-refractivity contribution is 0.487. The maximum Gasteiger partial charge on any atom is 0.279 e. The topological polar surface area (TPSA) is 49.2 Å². The lowest BCUT2D eigenvalue weighted by atomic mass is 9.85. The minimum absolute atomic E-state index is 0.261. The Bertz CT molecular complexity index is 539. The lowest BCUT2D eigenvalue weighted by Crippen LogP contribution is -2.39. The minimum atomic E-state index is -3.27. The molecule has 0 bridgehead atoms. The number of halogens is 1. The van der Waals surface area contributed by atoms with E-state index < -0.39 is 10.2 Å². The van der Waals surface area contributed by atoms with Crippen molar-refractivity contribution in [2.45, 2.75) is 19.3 Å². The van der Waals surface area contributed by atoms with Crippen LogP contribution in [0.25, 0.3) is 0 Å². The second kappa shape index (κ2) is 4.92. The first-order valence-corrected chi connectivity index (χ1v) is 8.06. The largest absolute Gasteiger partial charge is 0.279 e. The minimum Gasteiger partial charge on any atom is -0.201 e. The average Bonchev–Trinajstić information content (AvgIpc) is 3.11. The van der Waals surface area contributed by atoms with E-state index in [1.54, 1.807) is 0 Å². The third-order valence-electron chi connectivity index (χ3n) is 3.05. The van der Waals surface area contributed by atoms with Crippen molar-refractivity contribution in [3.05, 3.63) is 34.3 Å². The zero-order valence-corrected chi connectivity index (χ0v) is 12.9. The monoisotopic (exact) mass is 332 g/mol. The molecule has 1 fully saturated rings. The van der Waals surface area contributed by atoms with E-state index in [1.807, 2.05) is 38.1 Å². The van der Waals surface area contributed by atoms with E-state index in [1.165, 1.54) is 4.31 Å². The molecule has 0 aliphatic carbocycles. The Morgan fingerprint density at radius 2 is 1.94 bits per heavy atom. The average molecular weight is 333 g/mol. The van der Waals surface area contributed by atoms with Crippen LogP contribution in [0.3, 0.4) is 0 Å². The second-order valence-corrected chi connectivity index (χ2v) is 7.70. The van der Waals surface area contributed by atoms with E-state index in [9.17, 15) is 8.42 Å². The van der Waals surface area contributed by atoms with Crippen molar-refractivity contribution in [2.75, 3.05) is 19.6 Å². The molecule has 1 N–H and O–H groups in total. The van der Waals surface area contributed by atoms with Gasteiger partial charge in [-0.05, 0) is 11.6 Å². The molecule has 0 aromatic heterocycles. The maximum absolute atomic E-state index is 11.8. The molecule has 18 heavy (non-hydrogen) atoms. The molecule has 1 saturated heterocycles. The van der Waals surface area contributed by atoms with Crippen LogP contribution in [0.2, 0.25) is 0 Å². The molecule has 6 heteroatoms. The van der Waals surface area contributed by atoms with Gasteiger partial charge in [0.15, 0.2) is 0 Å². The first-order valence-electron chi connectivity index (χ1n) is 5.83. The van der Waals surface area contributed by atoms with Crippen molar-refractivity contribution in [3.8, 4) is 0 Å². The summed E-state index contributed by atoms with van der Waals surface area (Å²) in [6.07, 6.45) is 0. The van der Waals surface area contributed by atoms with Crippen molar-refractivity contribution in [2.24, 2.45) is 0 Å². The Morgan fingerprint density at radius 1 is 1.33 bits per heavy atom. The molecule has 4 nitrogen and oxygen atoms in total. The predicted octanol–water partition coefficient (Wildman–Crippen LogP) is 1.88. The highest BCUT2D eigenvalue weighted by atomic mass is 79.9. The smallest absolute Gasteiger partial charge is 0.201 e. The summed E-state index contributed by atoms with van der Waals surface area (Å²) in [4.78, 5) is 0. The third kappa shape index (κ3) is 3.12. The molecule has 0 radical (unpaired) electrons. The molecule has 1 aromatic carbocycles. The predicted molar refractivity (Wildman–Crippen MR) is 75.7 cm³/mol. The number of rotatable bonds is 5. The van der Waals surface area contributed by atoms with Gasteiger partial charge in [0, 0.05) is 29.5 Å². The van der Waals surface area contributed by atoms with Crippen LogP contribution in [-0.2, 0) is 15.6 Å². The van der Waals surface area contributed by atoms with E-state index in [4.69, 9.17) is 0 Å². The number of hydrogen-bond acceptors (Lipinski definition) is 2. The van der Waals surface area contributed by atoms with Crippen molar-refractivity contribution >= 4 is 26.1 Å². The fourth-order valence-corrected chi connectivity index (χ4v) is 3.86. The quantitative estimate of drug-likeness (QED) is 0.837. The van der Waals surface area contributed by atoms with Gasteiger partial charge in [-0.2, -0.15) is 12.7 Å². The van der Waals surface area contributed by atoms with Gasteiger partial charge in [-0.1, -0.05) is 48.0 Å². The van der Waals surface area contributed by atoms with Gasteiger partial charge in [-0.25, -0.2) is 4.72 Å². The van der Waals surface area contributed by atoms with Crippen LogP contribution >= 0.6 is 15.9 Å². The molecule has 0 spiro atoms. The normalized spacial score (nSPS) is 16.8. The summed E-state index contributed by atoms with van der Waals surface area (Å²) in [5.41, 5.74) is 0.835. The van der Waals surface area contributed by atoms with Gasteiger partial charge < -0.3 is 0 Å². The number of nitrogens with zero attached hydrogens (tertiary/aromatic N) is 1. The van der Waals surface area contributed by atoms with Crippen LogP contribution in [0.15, 0.2) is 28.7 Å². The second-order valence-electron chi connectivity index (χ2n) is 5.09. The zero-order chi connectivity index (χ0) is 13.4. The van der Waals surface area contributed by atoms with Crippen LogP contribution in [0.5, 0.6) is 0 Å². The molecule has 0 amide bonds. The van der Waals surface area contributed by atoms with Crippen LogP contribution in [0, 0.1) is 0 Å². The van der Waals surface area contributed by atoms with E-state index in [0.717, 1.165) is 10.0 Å². The third-order valence-corrected chi connectivity index (χ3v) is 5.29. The molecule has 0 saturated carbocycles. The Morgan fingerprint density at radius 3 is 2.50 bits per heavy atom. The molecule has 0 atom stereocenters. The summed E-state index contributed by atoms with van der Waals surface area (Å²) in [5, 5.41) is 0. The summed E-state index contributed by atoms with van der Waals surface area (Å²) in [5.74, 6) is 0. The summed E-state index contributed by atoms with van der Waals surface area (Å²) < 4.78 is 28.6. The fourth-order valence-electron chi connectivity index (χ4n) is 1.75. The van der Waals surface area contributed by atoms with E-state index in [2.05, 4.69) is 20.7 Å². The van der Waals surface area contributed by atoms with E-state index in [0.29, 0.717) is 19.6 Å². The summed E-state index contributed by atoms with van der Waals surface area (Å²) in [7, 11) is -3.27. The summed E-state index contributed by atoms with van der Waals surface area (Å²) >= 11 is 3.51. The van der Waals surface area contributed by atoms with Gasteiger partial charge in [0.2, 0.25) is 0 Å². The standard InChI is InChI=1S/C12H17BrN2O2S/c1-12(2,10-5-3-4-6-11(10)13)9-14-18(16,17)15-7-8-15/h3-6,14H,7-9H2,1-2H3. The van der Waals surface area contributed by atoms with E-state index >= 15 is 0 Å². The molecule has 1 aliphatic heterocycles. The Hall–Kier alpha value is -0.430. The van der Waals surface area contributed by atoms with Crippen molar-refractivity contribution in [1.29, 1.82) is 0 Å². The van der Waals surface area contributed by atoms with Gasteiger partial charge >= 0.3 is 0 Å². The number of benzene rings is 1. The Balaban J connectivity index is 2.10. The fraction of sp³-hybridized carbons (Fsp3) is 0.500. The summed E-state index contributed by atoms with van der Waals surface area (Å²) in [6, 6.07) is 7.89. The Labute approximate surface area is 117 Å². The highest BCUT2D eigenvalue weighted by Crippen LogP contribution is 2.29. The molecule has 1 aliphatic rings. The van der Waals surface area contributed by atoms with Gasteiger partial charge in [0.1, 0.15) is 0 Å². The van der Waals surface area contributed by atoms with Crippen molar-refractivity contribution in [3.63, 3.8) is 0 Å². The number of hydrogen-bond donors (Lipinski definition) is 1. The SMILES string of the molecule is CC(C)(CNS(=O)(=O)N1CC1)c1ccccc1Br. The lowest BCUT2D eigenvalue weighted by Gasteiger charge is -2.26. The zero-order valence-electron chi connectivity index (χ0n) is 10.5. The van der Waals surface area contributed by atoms with Crippen molar-refractivity contribution < 1.29 is 8.42 Å². The van der Waals surface area contributed by atoms with Gasteiger partial charge in [-0.15, -0.1) is 0 Å². The van der Waals surface area contributed by atoms with Crippen LogP contribution in [0.4, 0.5) is 0 Å². The highest BCUT2D eigenvalue weighted by Gasteiger charge is 2.33. The molecule has 0 unspecified atom stereocenters. The van der Waals surface area contributed by atoms with Gasteiger partial charge in [0.25, 0.3) is 10.2 Å². The highest BCUT2D eigenvalue weighted by molar-refractivity contribution is 9.10. The molecule has 100 valence electrons. The molecule has 2 rings (SSSR count). The first-order chi connectivity index (χ1) is 8.33. The molecule has 1 heterocycles. The van der Waals surface area contributed by atoms with Crippen molar-refractivity contribution in [1.82, 2.24) is 9.03 Å². The van der Waals surface area contributed by atoms with Crippen LogP contribution in [-0.4, -0.2) is 32.4 Å². The van der Waals surface area contributed by atoms with Gasteiger partial charge in [0.05, 0.1) is 0 Å². The van der Waals surface area contributed by atoms with Crippen LogP contribution in [0.1, 0.15) is 19.4 Å². The van der Waals surface area contributed by atoms with E-state index in [-0.39, 0.29) is 5.41 Å². The van der Waals surface area contributed by atoms with Gasteiger partial charge in [-0.3, -0.25) is 0 Å². The molecule has 1 aromatic rings. The van der Waals surface area contributed by atoms with Crippen LogP contribution < -0.4 is 4.72 Å².